The van der Waals surface area contributed by atoms with Crippen molar-refractivity contribution in [3.63, 3.8) is 0 Å². The zero-order chi connectivity index (χ0) is 14.4. The SMILES string of the molecule is COc1ccc(Sc2ncccc2CNC(C)C)cc1. The van der Waals surface area contributed by atoms with Crippen molar-refractivity contribution in [2.24, 2.45) is 0 Å². The number of ether oxygens (including phenoxy) is 1. The Morgan fingerprint density at radius 1 is 1.20 bits per heavy atom. The van der Waals surface area contributed by atoms with Crippen LogP contribution >= 0.6 is 11.8 Å². The van der Waals surface area contributed by atoms with Crippen molar-refractivity contribution in [1.82, 2.24) is 10.3 Å². The Bertz CT molecular complexity index is 540. The van der Waals surface area contributed by atoms with Crippen molar-refractivity contribution in [3.8, 4) is 5.75 Å². The van der Waals surface area contributed by atoms with Gasteiger partial charge in [0.05, 0.1) is 7.11 Å². The summed E-state index contributed by atoms with van der Waals surface area (Å²) in [5.74, 6) is 0.872. The third-order valence-electron chi connectivity index (χ3n) is 2.82. The van der Waals surface area contributed by atoms with Crippen molar-refractivity contribution in [1.29, 1.82) is 0 Å². The Morgan fingerprint density at radius 3 is 2.60 bits per heavy atom. The van der Waals surface area contributed by atoms with E-state index in [0.717, 1.165) is 22.2 Å². The van der Waals surface area contributed by atoms with Gasteiger partial charge in [-0.1, -0.05) is 31.7 Å². The minimum absolute atomic E-state index is 0.467. The second kappa shape index (κ2) is 7.31. The summed E-state index contributed by atoms with van der Waals surface area (Å²) in [5.41, 5.74) is 1.22. The van der Waals surface area contributed by atoms with E-state index in [1.54, 1.807) is 18.9 Å². The van der Waals surface area contributed by atoms with Crippen molar-refractivity contribution in [2.75, 3.05) is 7.11 Å². The second-order valence-corrected chi connectivity index (χ2v) is 5.84. The minimum atomic E-state index is 0.467. The Kier molecular flexibility index (Phi) is 5.44. The van der Waals surface area contributed by atoms with Crippen LogP contribution in [0.1, 0.15) is 19.4 Å². The lowest BCUT2D eigenvalue weighted by atomic mass is 10.2. The third-order valence-corrected chi connectivity index (χ3v) is 3.89. The predicted molar refractivity (Wildman–Crippen MR) is 83.3 cm³/mol. The molecule has 106 valence electrons. The molecule has 4 heteroatoms. The predicted octanol–water partition coefficient (Wildman–Crippen LogP) is 3.74. The smallest absolute Gasteiger partial charge is 0.118 e. The molecule has 0 amide bonds. The fourth-order valence-corrected chi connectivity index (χ4v) is 2.60. The average molecular weight is 288 g/mol. The molecule has 0 radical (unpaired) electrons. The number of nitrogens with zero attached hydrogens (tertiary/aromatic N) is 1. The van der Waals surface area contributed by atoms with Crippen molar-refractivity contribution < 1.29 is 4.74 Å². The van der Waals surface area contributed by atoms with Gasteiger partial charge >= 0.3 is 0 Å². The van der Waals surface area contributed by atoms with Gasteiger partial charge in [-0.3, -0.25) is 0 Å². The summed E-state index contributed by atoms with van der Waals surface area (Å²) < 4.78 is 5.17. The summed E-state index contributed by atoms with van der Waals surface area (Å²) in [6, 6.07) is 12.6. The van der Waals surface area contributed by atoms with Crippen LogP contribution < -0.4 is 10.1 Å². The van der Waals surface area contributed by atoms with E-state index in [4.69, 9.17) is 4.74 Å². The molecular weight excluding hydrogens is 268 g/mol. The van der Waals surface area contributed by atoms with E-state index in [2.05, 4.69) is 42.3 Å². The first-order chi connectivity index (χ1) is 9.69. The van der Waals surface area contributed by atoms with Gasteiger partial charge in [-0.15, -0.1) is 0 Å². The molecule has 0 saturated carbocycles. The van der Waals surface area contributed by atoms with Gasteiger partial charge in [0.25, 0.3) is 0 Å². The molecule has 0 fully saturated rings. The Labute approximate surface area is 124 Å². The zero-order valence-electron chi connectivity index (χ0n) is 12.1. The molecule has 0 aliphatic rings. The van der Waals surface area contributed by atoms with Crippen molar-refractivity contribution in [2.45, 2.75) is 36.4 Å². The number of rotatable bonds is 6. The maximum atomic E-state index is 5.17. The molecule has 2 rings (SSSR count). The second-order valence-electron chi connectivity index (χ2n) is 4.78. The normalized spacial score (nSPS) is 10.8. The summed E-state index contributed by atoms with van der Waals surface area (Å²) in [4.78, 5) is 5.65. The van der Waals surface area contributed by atoms with Gasteiger partial charge in [-0.2, -0.15) is 0 Å². The molecule has 0 atom stereocenters. The first-order valence-electron chi connectivity index (χ1n) is 6.68. The molecule has 0 aliphatic heterocycles. The molecule has 0 unspecified atom stereocenters. The number of hydrogen-bond donors (Lipinski definition) is 1. The standard InChI is InChI=1S/C16H20N2OS/c1-12(2)18-11-13-5-4-10-17-16(13)20-15-8-6-14(19-3)7-9-15/h4-10,12,18H,11H2,1-3H3. The van der Waals surface area contributed by atoms with Crippen LogP contribution in [0.25, 0.3) is 0 Å². The Hall–Kier alpha value is -1.52. The quantitative estimate of drug-likeness (QED) is 0.878. The molecule has 3 nitrogen and oxygen atoms in total. The van der Waals surface area contributed by atoms with E-state index in [9.17, 15) is 0 Å². The fourth-order valence-electron chi connectivity index (χ4n) is 1.72. The van der Waals surface area contributed by atoms with Crippen LogP contribution in [-0.4, -0.2) is 18.1 Å². The van der Waals surface area contributed by atoms with Gasteiger partial charge in [0, 0.05) is 23.7 Å². The fraction of sp³-hybridized carbons (Fsp3) is 0.312. The summed E-state index contributed by atoms with van der Waals surface area (Å²) in [5, 5.41) is 4.48. The van der Waals surface area contributed by atoms with E-state index in [-0.39, 0.29) is 0 Å². The van der Waals surface area contributed by atoms with Gasteiger partial charge in [0.1, 0.15) is 10.8 Å². The summed E-state index contributed by atoms with van der Waals surface area (Å²) in [6.07, 6.45) is 1.84. The third kappa shape index (κ3) is 4.25. The van der Waals surface area contributed by atoms with Gasteiger partial charge in [0.15, 0.2) is 0 Å². The van der Waals surface area contributed by atoms with E-state index >= 15 is 0 Å². The molecule has 20 heavy (non-hydrogen) atoms. The van der Waals surface area contributed by atoms with E-state index < -0.39 is 0 Å². The van der Waals surface area contributed by atoms with E-state index in [0.29, 0.717) is 6.04 Å². The lowest BCUT2D eigenvalue weighted by Gasteiger charge is -2.11. The van der Waals surface area contributed by atoms with E-state index in [1.807, 2.05) is 24.4 Å². The van der Waals surface area contributed by atoms with Crippen LogP contribution in [-0.2, 0) is 6.54 Å². The summed E-state index contributed by atoms with van der Waals surface area (Å²) in [6.45, 7) is 5.13. The van der Waals surface area contributed by atoms with Crippen LogP contribution in [0.3, 0.4) is 0 Å². The number of nitrogens with one attached hydrogen (secondary N) is 1. The lowest BCUT2D eigenvalue weighted by Crippen LogP contribution is -2.22. The molecule has 1 heterocycles. The van der Waals surface area contributed by atoms with Crippen LogP contribution in [0.15, 0.2) is 52.5 Å². The Morgan fingerprint density at radius 2 is 1.95 bits per heavy atom. The first kappa shape index (κ1) is 14.9. The molecule has 0 aliphatic carbocycles. The van der Waals surface area contributed by atoms with Crippen LogP contribution in [0.2, 0.25) is 0 Å². The molecule has 0 spiro atoms. The average Bonchev–Trinajstić information content (AvgIpc) is 2.47. The highest BCUT2D eigenvalue weighted by molar-refractivity contribution is 7.99. The van der Waals surface area contributed by atoms with Crippen molar-refractivity contribution >= 4 is 11.8 Å². The van der Waals surface area contributed by atoms with E-state index in [1.165, 1.54) is 5.56 Å². The Balaban J connectivity index is 2.11. The highest BCUT2D eigenvalue weighted by Gasteiger charge is 2.06. The molecule has 1 aromatic heterocycles. The summed E-state index contributed by atoms with van der Waals surface area (Å²) in [7, 11) is 1.68. The molecule has 0 saturated heterocycles. The van der Waals surface area contributed by atoms with Crippen LogP contribution in [0, 0.1) is 0 Å². The maximum absolute atomic E-state index is 5.17. The number of pyridine rings is 1. The maximum Gasteiger partial charge on any atom is 0.118 e. The van der Waals surface area contributed by atoms with Gasteiger partial charge in [-0.25, -0.2) is 4.98 Å². The molecule has 0 bridgehead atoms. The zero-order valence-corrected chi connectivity index (χ0v) is 12.9. The molecular formula is C16H20N2OS. The molecule has 2 aromatic rings. The molecule has 1 aromatic carbocycles. The number of aromatic nitrogens is 1. The lowest BCUT2D eigenvalue weighted by molar-refractivity contribution is 0.414. The largest absolute Gasteiger partial charge is 0.497 e. The van der Waals surface area contributed by atoms with Crippen LogP contribution in [0.4, 0.5) is 0 Å². The highest BCUT2D eigenvalue weighted by atomic mass is 32.2. The molecule has 1 N–H and O–H groups in total. The van der Waals surface area contributed by atoms with Crippen molar-refractivity contribution in [3.05, 3.63) is 48.2 Å². The van der Waals surface area contributed by atoms with Gasteiger partial charge in [-0.05, 0) is 35.9 Å². The van der Waals surface area contributed by atoms with Gasteiger partial charge < -0.3 is 10.1 Å². The monoisotopic (exact) mass is 288 g/mol. The number of methoxy groups -OCH3 is 1. The first-order valence-corrected chi connectivity index (χ1v) is 7.50. The van der Waals surface area contributed by atoms with Crippen LogP contribution in [0.5, 0.6) is 5.75 Å². The number of hydrogen-bond acceptors (Lipinski definition) is 4. The topological polar surface area (TPSA) is 34.1 Å². The highest BCUT2D eigenvalue weighted by Crippen LogP contribution is 2.29. The van der Waals surface area contributed by atoms with Gasteiger partial charge in [0.2, 0.25) is 0 Å². The minimum Gasteiger partial charge on any atom is -0.497 e. The number of benzene rings is 1. The summed E-state index contributed by atoms with van der Waals surface area (Å²) >= 11 is 1.68.